The highest BCUT2D eigenvalue weighted by Gasteiger charge is 2.45. The van der Waals surface area contributed by atoms with Crippen molar-refractivity contribution < 1.29 is 18.7 Å². The van der Waals surface area contributed by atoms with Crippen LogP contribution >= 0.6 is 23.3 Å². The standard InChI is InChI=1S/C31H33FN4O4.C2H6.H2S2/c1-18-23-26(34-29(35-27(23)37)39-17-31-11-7-13-36(31)14-8-12-31)24(32)25(33-18)22-16-20(40-28(38)30(2,3)4)15-19-9-5-6-10-21(19)22;2*1-2/h5-6,9-10,15-16H,7-8,11-14,17H2,1-4H3,(H,34,35,37);1-2H3;1-2H. The Balaban J connectivity index is 0.00000106. The molecule has 0 spiro atoms. The number of H-pyrrole nitrogens is 1. The molecule has 4 heterocycles. The quantitative estimate of drug-likeness (QED) is 0.0910. The highest BCUT2D eigenvalue weighted by atomic mass is 33.1. The molecule has 236 valence electrons. The third kappa shape index (κ3) is 6.60. The topological polar surface area (TPSA) is 97.4 Å². The van der Waals surface area contributed by atoms with E-state index in [2.05, 4.69) is 43.2 Å². The average molecular weight is 641 g/mol. The van der Waals surface area contributed by atoms with Gasteiger partial charge in [-0.05, 0) is 89.4 Å². The van der Waals surface area contributed by atoms with E-state index in [1.54, 1.807) is 39.8 Å². The van der Waals surface area contributed by atoms with Crippen molar-refractivity contribution in [1.82, 2.24) is 19.9 Å². The third-order valence-electron chi connectivity index (χ3n) is 8.16. The van der Waals surface area contributed by atoms with Gasteiger partial charge < -0.3 is 9.47 Å². The average Bonchev–Trinajstić information content (AvgIpc) is 3.60. The Hall–Kier alpha value is -3.15. The molecule has 1 N–H and O–H groups in total. The van der Waals surface area contributed by atoms with Crippen LogP contribution in [0.2, 0.25) is 0 Å². The van der Waals surface area contributed by atoms with Crippen molar-refractivity contribution in [3.8, 4) is 23.0 Å². The molecule has 0 atom stereocenters. The number of aryl methyl sites for hydroxylation is 1. The number of fused-ring (bicyclic) bond motifs is 3. The predicted molar refractivity (Wildman–Crippen MR) is 180 cm³/mol. The van der Waals surface area contributed by atoms with Crippen LogP contribution < -0.4 is 15.0 Å². The van der Waals surface area contributed by atoms with Gasteiger partial charge in [-0.3, -0.25) is 19.5 Å². The molecule has 44 heavy (non-hydrogen) atoms. The van der Waals surface area contributed by atoms with Crippen molar-refractivity contribution >= 4 is 51.0 Å². The van der Waals surface area contributed by atoms with E-state index in [4.69, 9.17) is 9.47 Å². The molecule has 4 aromatic rings. The lowest BCUT2D eigenvalue weighted by molar-refractivity contribution is -0.142. The number of nitrogens with zero attached hydrogens (tertiary/aromatic N) is 3. The number of aromatic amines is 1. The molecule has 8 nitrogen and oxygen atoms in total. The number of nitrogens with one attached hydrogen (secondary N) is 1. The van der Waals surface area contributed by atoms with Crippen molar-refractivity contribution in [2.75, 3.05) is 19.7 Å². The van der Waals surface area contributed by atoms with Crippen LogP contribution in [0.4, 0.5) is 4.39 Å². The molecule has 2 aromatic heterocycles. The zero-order valence-corrected chi connectivity index (χ0v) is 27.9. The Labute approximate surface area is 268 Å². The summed E-state index contributed by atoms with van der Waals surface area (Å²) in [5.74, 6) is -0.857. The SMILES string of the molecule is CC.Cc1nc(-c2cc(OC(=O)C(C)(C)C)cc3ccccc23)c(F)c2nc(OCC34CCCN3CCC4)[nH]c(=O)c12.SS. The molecule has 0 amide bonds. The zero-order valence-electron chi connectivity index (χ0n) is 26.2. The molecule has 2 fully saturated rings. The van der Waals surface area contributed by atoms with E-state index in [0.717, 1.165) is 49.5 Å². The van der Waals surface area contributed by atoms with Crippen molar-refractivity contribution in [2.24, 2.45) is 5.41 Å². The minimum atomic E-state index is -0.734. The highest BCUT2D eigenvalue weighted by molar-refractivity contribution is 8.59. The minimum absolute atomic E-state index is 0.00112. The molecule has 6 rings (SSSR count). The van der Waals surface area contributed by atoms with E-state index in [1.807, 2.05) is 38.1 Å². The minimum Gasteiger partial charge on any atom is -0.463 e. The van der Waals surface area contributed by atoms with Gasteiger partial charge >= 0.3 is 5.97 Å². The number of pyridine rings is 1. The lowest BCUT2D eigenvalue weighted by atomic mass is 9.95. The van der Waals surface area contributed by atoms with Crippen LogP contribution in [-0.2, 0) is 4.79 Å². The Morgan fingerprint density at radius 1 is 1.09 bits per heavy atom. The summed E-state index contributed by atoms with van der Waals surface area (Å²) in [6.07, 6.45) is 4.31. The lowest BCUT2D eigenvalue weighted by Crippen LogP contribution is -2.43. The number of carbonyl (C=O) groups excluding carboxylic acids is 1. The zero-order chi connectivity index (χ0) is 32.2. The number of ether oxygens (including phenoxy) is 2. The molecule has 2 aliphatic heterocycles. The number of hydrogen-bond acceptors (Lipinski definition) is 9. The second kappa shape index (κ2) is 13.9. The van der Waals surface area contributed by atoms with E-state index < -0.39 is 22.8 Å². The second-order valence-corrected chi connectivity index (χ2v) is 12.0. The molecule has 11 heteroatoms. The van der Waals surface area contributed by atoms with Gasteiger partial charge in [0.2, 0.25) is 0 Å². The first-order valence-electron chi connectivity index (χ1n) is 15.0. The van der Waals surface area contributed by atoms with Crippen molar-refractivity contribution in [3.63, 3.8) is 0 Å². The van der Waals surface area contributed by atoms with Crippen molar-refractivity contribution in [1.29, 1.82) is 0 Å². The summed E-state index contributed by atoms with van der Waals surface area (Å²) < 4.78 is 28.0. The maximum absolute atomic E-state index is 16.3. The van der Waals surface area contributed by atoms with Crippen molar-refractivity contribution in [3.05, 3.63) is 58.3 Å². The van der Waals surface area contributed by atoms with Crippen LogP contribution in [0.25, 0.3) is 32.9 Å². The van der Waals surface area contributed by atoms with E-state index >= 15 is 4.39 Å². The Morgan fingerprint density at radius 2 is 1.75 bits per heavy atom. The number of carbonyl (C=O) groups is 1. The van der Waals surface area contributed by atoms with Gasteiger partial charge in [0.15, 0.2) is 5.82 Å². The Bertz CT molecular complexity index is 1710. The van der Waals surface area contributed by atoms with Crippen LogP contribution in [0.3, 0.4) is 0 Å². The lowest BCUT2D eigenvalue weighted by Gasteiger charge is -2.31. The normalized spacial score (nSPS) is 15.7. The predicted octanol–water partition coefficient (Wildman–Crippen LogP) is 7.33. The van der Waals surface area contributed by atoms with Gasteiger partial charge in [-0.2, -0.15) is 4.98 Å². The summed E-state index contributed by atoms with van der Waals surface area (Å²) in [6, 6.07) is 10.8. The van der Waals surface area contributed by atoms with E-state index in [0.29, 0.717) is 17.9 Å². The molecule has 0 saturated carbocycles. The van der Waals surface area contributed by atoms with Crippen LogP contribution in [0.15, 0.2) is 41.2 Å². The molecular weight excluding hydrogens is 600 g/mol. The van der Waals surface area contributed by atoms with Gasteiger partial charge in [0.1, 0.15) is 23.6 Å². The summed E-state index contributed by atoms with van der Waals surface area (Å²) in [5, 5.41) is 1.57. The molecule has 2 saturated heterocycles. The van der Waals surface area contributed by atoms with Crippen LogP contribution in [0.1, 0.15) is 66.0 Å². The summed E-state index contributed by atoms with van der Waals surface area (Å²) >= 11 is 6.44. The van der Waals surface area contributed by atoms with E-state index in [1.165, 1.54) is 0 Å². The van der Waals surface area contributed by atoms with Crippen molar-refractivity contribution in [2.45, 2.75) is 72.8 Å². The maximum Gasteiger partial charge on any atom is 0.316 e. The van der Waals surface area contributed by atoms with Crippen LogP contribution in [-0.4, -0.2) is 51.1 Å². The molecule has 0 unspecified atom stereocenters. The van der Waals surface area contributed by atoms with E-state index in [9.17, 15) is 9.59 Å². The maximum atomic E-state index is 16.3. The monoisotopic (exact) mass is 640 g/mol. The highest BCUT2D eigenvalue weighted by Crippen LogP contribution is 2.39. The third-order valence-corrected chi connectivity index (χ3v) is 8.16. The van der Waals surface area contributed by atoms with Gasteiger partial charge in [0, 0.05) is 5.56 Å². The molecule has 2 aromatic carbocycles. The fourth-order valence-corrected chi connectivity index (χ4v) is 6.04. The van der Waals surface area contributed by atoms with E-state index in [-0.39, 0.29) is 33.9 Å². The number of halogens is 1. The van der Waals surface area contributed by atoms with Crippen LogP contribution in [0.5, 0.6) is 11.8 Å². The summed E-state index contributed by atoms with van der Waals surface area (Å²) in [7, 11) is 0. The number of aromatic nitrogens is 3. The molecular formula is C33H41FN4O4S2. The summed E-state index contributed by atoms with van der Waals surface area (Å²) in [6.45, 7) is 13.5. The fourth-order valence-electron chi connectivity index (χ4n) is 6.04. The van der Waals surface area contributed by atoms with Gasteiger partial charge in [-0.15, -0.1) is 23.3 Å². The first-order chi connectivity index (χ1) is 21.1. The summed E-state index contributed by atoms with van der Waals surface area (Å²) in [4.78, 5) is 39.8. The molecule has 0 bridgehead atoms. The molecule has 0 radical (unpaired) electrons. The number of esters is 1. The number of rotatable bonds is 5. The smallest absolute Gasteiger partial charge is 0.316 e. The number of thiol groups is 2. The Morgan fingerprint density at radius 3 is 2.41 bits per heavy atom. The number of benzene rings is 2. The first-order valence-corrected chi connectivity index (χ1v) is 16.6. The first kappa shape index (κ1) is 33.7. The number of hydrogen-bond donors (Lipinski definition) is 3. The van der Waals surface area contributed by atoms with Gasteiger partial charge in [0.25, 0.3) is 11.6 Å². The fraction of sp³-hybridized carbons (Fsp3) is 0.455. The summed E-state index contributed by atoms with van der Waals surface area (Å²) in [5.41, 5.74) is -0.568. The second-order valence-electron chi connectivity index (χ2n) is 12.0. The molecule has 0 aliphatic carbocycles. The molecule has 2 aliphatic rings. The Kier molecular flexibility index (Phi) is 10.6. The van der Waals surface area contributed by atoms with Gasteiger partial charge in [-0.25, -0.2) is 9.37 Å². The van der Waals surface area contributed by atoms with Crippen LogP contribution in [0, 0.1) is 18.2 Å². The van der Waals surface area contributed by atoms with Gasteiger partial charge in [0.05, 0.1) is 22.0 Å². The largest absolute Gasteiger partial charge is 0.463 e. The van der Waals surface area contributed by atoms with Gasteiger partial charge in [-0.1, -0.05) is 38.1 Å².